The molecule has 0 unspecified atom stereocenters. The summed E-state index contributed by atoms with van der Waals surface area (Å²) in [5.41, 5.74) is 3.62. The SMILES string of the molecule is O=C1CCc2ccc(CN3CCCCC3)cc2N1. The molecule has 1 fully saturated rings. The maximum atomic E-state index is 11.4. The molecule has 0 aliphatic carbocycles. The Morgan fingerprint density at radius 3 is 2.78 bits per heavy atom. The van der Waals surface area contributed by atoms with Crippen molar-refractivity contribution in [2.24, 2.45) is 0 Å². The third-order valence-electron chi connectivity index (χ3n) is 3.92. The Labute approximate surface area is 108 Å². The zero-order chi connectivity index (χ0) is 12.4. The van der Waals surface area contributed by atoms with Gasteiger partial charge in [-0.25, -0.2) is 0 Å². The number of carbonyl (C=O) groups excluding carboxylic acids is 1. The summed E-state index contributed by atoms with van der Waals surface area (Å²) in [6.07, 6.45) is 5.52. The number of anilines is 1. The van der Waals surface area contributed by atoms with Crippen LogP contribution in [0.1, 0.15) is 36.8 Å². The van der Waals surface area contributed by atoms with E-state index in [1.165, 1.54) is 43.5 Å². The van der Waals surface area contributed by atoms with Crippen LogP contribution < -0.4 is 5.32 Å². The number of benzene rings is 1. The lowest BCUT2D eigenvalue weighted by Crippen LogP contribution is -2.29. The Kier molecular flexibility index (Phi) is 3.33. The monoisotopic (exact) mass is 244 g/mol. The molecule has 3 heteroatoms. The van der Waals surface area contributed by atoms with E-state index in [0.717, 1.165) is 18.7 Å². The lowest BCUT2D eigenvalue weighted by Gasteiger charge is -2.27. The molecular weight excluding hydrogens is 224 g/mol. The summed E-state index contributed by atoms with van der Waals surface area (Å²) < 4.78 is 0. The first-order valence-corrected chi connectivity index (χ1v) is 6.95. The first kappa shape index (κ1) is 11.7. The molecule has 0 spiro atoms. The number of hydrogen-bond donors (Lipinski definition) is 1. The van der Waals surface area contributed by atoms with Gasteiger partial charge >= 0.3 is 0 Å². The molecular formula is C15H20N2O. The predicted octanol–water partition coefficient (Wildman–Crippen LogP) is 2.56. The number of likely N-dealkylation sites (tertiary alicyclic amines) is 1. The van der Waals surface area contributed by atoms with Crippen molar-refractivity contribution in [3.05, 3.63) is 29.3 Å². The number of amides is 1. The number of aryl methyl sites for hydroxylation is 1. The quantitative estimate of drug-likeness (QED) is 0.867. The molecule has 3 rings (SSSR count). The summed E-state index contributed by atoms with van der Waals surface area (Å²) in [7, 11) is 0. The number of hydrogen-bond acceptors (Lipinski definition) is 2. The van der Waals surface area contributed by atoms with Crippen LogP contribution in [0, 0.1) is 0 Å². The zero-order valence-corrected chi connectivity index (χ0v) is 10.7. The molecule has 0 aromatic heterocycles. The molecule has 1 saturated heterocycles. The lowest BCUT2D eigenvalue weighted by molar-refractivity contribution is -0.116. The van der Waals surface area contributed by atoms with Crippen LogP contribution in [0.25, 0.3) is 0 Å². The molecule has 1 amide bonds. The molecule has 2 aliphatic rings. The fraction of sp³-hybridized carbons (Fsp3) is 0.533. The van der Waals surface area contributed by atoms with Gasteiger partial charge in [-0.3, -0.25) is 9.69 Å². The number of fused-ring (bicyclic) bond motifs is 1. The van der Waals surface area contributed by atoms with Gasteiger partial charge in [0.05, 0.1) is 0 Å². The molecule has 1 aromatic rings. The number of nitrogens with zero attached hydrogens (tertiary/aromatic N) is 1. The van der Waals surface area contributed by atoms with Gasteiger partial charge < -0.3 is 5.32 Å². The molecule has 1 aromatic carbocycles. The van der Waals surface area contributed by atoms with Gasteiger partial charge in [-0.1, -0.05) is 18.6 Å². The number of nitrogens with one attached hydrogen (secondary N) is 1. The fourth-order valence-corrected chi connectivity index (χ4v) is 2.89. The van der Waals surface area contributed by atoms with Crippen molar-refractivity contribution in [1.82, 2.24) is 4.90 Å². The smallest absolute Gasteiger partial charge is 0.224 e. The van der Waals surface area contributed by atoms with Crippen LogP contribution in [-0.4, -0.2) is 23.9 Å². The Morgan fingerprint density at radius 1 is 1.11 bits per heavy atom. The summed E-state index contributed by atoms with van der Waals surface area (Å²) in [5.74, 6) is 0.151. The molecule has 3 nitrogen and oxygen atoms in total. The molecule has 0 atom stereocenters. The van der Waals surface area contributed by atoms with Crippen molar-refractivity contribution in [2.75, 3.05) is 18.4 Å². The first-order valence-electron chi connectivity index (χ1n) is 6.95. The van der Waals surface area contributed by atoms with Crippen LogP contribution in [0.15, 0.2) is 18.2 Å². The van der Waals surface area contributed by atoms with E-state index in [1.54, 1.807) is 0 Å². The van der Waals surface area contributed by atoms with Gasteiger partial charge in [0, 0.05) is 18.7 Å². The van der Waals surface area contributed by atoms with E-state index in [-0.39, 0.29) is 5.91 Å². The van der Waals surface area contributed by atoms with Gasteiger partial charge in [-0.15, -0.1) is 0 Å². The third-order valence-corrected chi connectivity index (χ3v) is 3.92. The van der Waals surface area contributed by atoms with Crippen LogP contribution in [0.3, 0.4) is 0 Å². The van der Waals surface area contributed by atoms with Crippen molar-refractivity contribution in [3.63, 3.8) is 0 Å². The second-order valence-corrected chi connectivity index (χ2v) is 5.38. The highest BCUT2D eigenvalue weighted by atomic mass is 16.1. The number of rotatable bonds is 2. The van der Waals surface area contributed by atoms with Gasteiger partial charge in [0.2, 0.25) is 5.91 Å². The van der Waals surface area contributed by atoms with E-state index < -0.39 is 0 Å². The van der Waals surface area contributed by atoms with E-state index in [2.05, 4.69) is 28.4 Å². The van der Waals surface area contributed by atoms with Gasteiger partial charge in [0.1, 0.15) is 0 Å². The summed E-state index contributed by atoms with van der Waals surface area (Å²) in [6, 6.07) is 6.54. The number of carbonyl (C=O) groups is 1. The maximum Gasteiger partial charge on any atom is 0.224 e. The molecule has 0 radical (unpaired) electrons. The third kappa shape index (κ3) is 2.56. The van der Waals surface area contributed by atoms with Crippen LogP contribution in [-0.2, 0) is 17.8 Å². The molecule has 2 aliphatic heterocycles. The minimum atomic E-state index is 0.151. The van der Waals surface area contributed by atoms with Crippen LogP contribution >= 0.6 is 0 Å². The number of piperidine rings is 1. The normalized spacial score (nSPS) is 20.3. The van der Waals surface area contributed by atoms with Gasteiger partial charge in [-0.05, 0) is 49.5 Å². The van der Waals surface area contributed by atoms with Gasteiger partial charge in [0.15, 0.2) is 0 Å². The molecule has 2 heterocycles. The lowest BCUT2D eigenvalue weighted by atomic mass is 10.0. The second-order valence-electron chi connectivity index (χ2n) is 5.38. The maximum absolute atomic E-state index is 11.4. The highest BCUT2D eigenvalue weighted by Crippen LogP contribution is 2.24. The summed E-state index contributed by atoms with van der Waals surface area (Å²) >= 11 is 0. The van der Waals surface area contributed by atoms with Gasteiger partial charge in [0.25, 0.3) is 0 Å². The molecule has 96 valence electrons. The van der Waals surface area contributed by atoms with Gasteiger partial charge in [-0.2, -0.15) is 0 Å². The first-order chi connectivity index (χ1) is 8.81. The van der Waals surface area contributed by atoms with Crippen molar-refractivity contribution in [3.8, 4) is 0 Å². The highest BCUT2D eigenvalue weighted by molar-refractivity contribution is 5.93. The summed E-state index contributed by atoms with van der Waals surface area (Å²) in [5, 5.41) is 2.98. The van der Waals surface area contributed by atoms with E-state index in [1.807, 2.05) is 0 Å². The summed E-state index contributed by atoms with van der Waals surface area (Å²) in [6.45, 7) is 3.44. The van der Waals surface area contributed by atoms with E-state index in [4.69, 9.17) is 0 Å². The van der Waals surface area contributed by atoms with Crippen LogP contribution in [0.5, 0.6) is 0 Å². The minimum absolute atomic E-state index is 0.151. The Morgan fingerprint density at radius 2 is 1.94 bits per heavy atom. The molecule has 0 saturated carbocycles. The van der Waals surface area contributed by atoms with E-state index in [9.17, 15) is 4.79 Å². The Bertz CT molecular complexity index is 450. The van der Waals surface area contributed by atoms with Crippen molar-refractivity contribution < 1.29 is 4.79 Å². The Balaban J connectivity index is 1.73. The van der Waals surface area contributed by atoms with E-state index in [0.29, 0.717) is 6.42 Å². The van der Waals surface area contributed by atoms with Crippen LogP contribution in [0.2, 0.25) is 0 Å². The summed E-state index contributed by atoms with van der Waals surface area (Å²) in [4.78, 5) is 13.9. The average molecular weight is 244 g/mol. The van der Waals surface area contributed by atoms with Crippen molar-refractivity contribution >= 4 is 11.6 Å². The van der Waals surface area contributed by atoms with Crippen molar-refractivity contribution in [1.29, 1.82) is 0 Å². The standard InChI is InChI=1S/C15H20N2O/c18-15-7-6-13-5-4-12(10-14(13)16-15)11-17-8-2-1-3-9-17/h4-5,10H,1-3,6-9,11H2,(H,16,18). The molecule has 18 heavy (non-hydrogen) atoms. The predicted molar refractivity (Wildman–Crippen MR) is 72.5 cm³/mol. The molecule has 1 N–H and O–H groups in total. The second kappa shape index (κ2) is 5.11. The topological polar surface area (TPSA) is 32.3 Å². The molecule has 0 bridgehead atoms. The highest BCUT2D eigenvalue weighted by Gasteiger charge is 2.16. The Hall–Kier alpha value is -1.35. The van der Waals surface area contributed by atoms with Crippen molar-refractivity contribution in [2.45, 2.75) is 38.6 Å². The van der Waals surface area contributed by atoms with E-state index >= 15 is 0 Å². The zero-order valence-electron chi connectivity index (χ0n) is 10.7. The average Bonchev–Trinajstić information content (AvgIpc) is 2.39. The minimum Gasteiger partial charge on any atom is -0.326 e. The van der Waals surface area contributed by atoms with Crippen LogP contribution in [0.4, 0.5) is 5.69 Å². The largest absolute Gasteiger partial charge is 0.326 e. The fourth-order valence-electron chi connectivity index (χ4n) is 2.89.